The number of rotatable bonds is 4. The fraction of sp³-hybridized carbons (Fsp3) is 0.133. The van der Waals surface area contributed by atoms with Gasteiger partial charge in [0.2, 0.25) is 0 Å². The van der Waals surface area contributed by atoms with Crippen molar-refractivity contribution in [3.8, 4) is 0 Å². The summed E-state index contributed by atoms with van der Waals surface area (Å²) < 4.78 is 22.8. The minimum absolute atomic E-state index is 0.268. The van der Waals surface area contributed by atoms with Gasteiger partial charge in [-0.1, -0.05) is 12.1 Å². The summed E-state index contributed by atoms with van der Waals surface area (Å²) in [6.07, 6.45) is 3.18. The van der Waals surface area contributed by atoms with Gasteiger partial charge in [-0.25, -0.2) is 13.4 Å². The first-order valence-corrected chi connectivity index (χ1v) is 9.30. The van der Waals surface area contributed by atoms with Gasteiger partial charge >= 0.3 is 0 Å². The van der Waals surface area contributed by atoms with E-state index in [4.69, 9.17) is 5.73 Å². The number of amidine groups is 1. The van der Waals surface area contributed by atoms with Crippen LogP contribution in [0, 0.1) is 0 Å². The summed E-state index contributed by atoms with van der Waals surface area (Å²) in [5.74, 6) is 0.398. The first-order chi connectivity index (χ1) is 9.90. The van der Waals surface area contributed by atoms with Crippen molar-refractivity contribution < 1.29 is 8.42 Å². The van der Waals surface area contributed by atoms with Crippen molar-refractivity contribution in [2.45, 2.75) is 9.79 Å². The highest BCUT2D eigenvalue weighted by Crippen LogP contribution is 2.18. The molecule has 2 aromatic carbocycles. The standard InChI is InChI=1S/C15H16N2O2S2/c1-20-13-7-3-11(4-8-13)15(16)17-12-5-9-14(10-6-12)21(2,18)19/h3-10H,1-2H3,(H2,16,17). The number of hydrogen-bond acceptors (Lipinski definition) is 4. The van der Waals surface area contributed by atoms with E-state index in [-0.39, 0.29) is 4.90 Å². The van der Waals surface area contributed by atoms with Crippen LogP contribution in [-0.4, -0.2) is 26.8 Å². The molecule has 0 radical (unpaired) electrons. The Bertz CT molecular complexity index is 749. The molecule has 0 aliphatic rings. The summed E-state index contributed by atoms with van der Waals surface area (Å²) >= 11 is 1.66. The quantitative estimate of drug-likeness (QED) is 0.534. The molecular formula is C15H16N2O2S2. The fourth-order valence-corrected chi connectivity index (χ4v) is 2.77. The van der Waals surface area contributed by atoms with Crippen LogP contribution in [0.1, 0.15) is 5.56 Å². The minimum Gasteiger partial charge on any atom is -0.383 e. The molecule has 0 atom stereocenters. The van der Waals surface area contributed by atoms with Crippen molar-refractivity contribution in [2.24, 2.45) is 10.7 Å². The molecule has 21 heavy (non-hydrogen) atoms. The Kier molecular flexibility index (Phi) is 4.69. The van der Waals surface area contributed by atoms with Crippen molar-refractivity contribution >= 4 is 33.1 Å². The SMILES string of the molecule is CSc1ccc(C(N)=Nc2ccc(S(C)(=O)=O)cc2)cc1. The van der Waals surface area contributed by atoms with Crippen LogP contribution in [0.2, 0.25) is 0 Å². The molecule has 0 fully saturated rings. The van der Waals surface area contributed by atoms with E-state index in [0.29, 0.717) is 11.5 Å². The Morgan fingerprint density at radius 1 is 1.05 bits per heavy atom. The third-order valence-electron chi connectivity index (χ3n) is 2.90. The fourth-order valence-electron chi connectivity index (χ4n) is 1.73. The summed E-state index contributed by atoms with van der Waals surface area (Å²) in [7, 11) is -3.19. The number of nitrogens with two attached hydrogens (primary N) is 1. The highest BCUT2D eigenvalue weighted by Gasteiger charge is 2.06. The van der Waals surface area contributed by atoms with E-state index in [9.17, 15) is 8.42 Å². The third kappa shape index (κ3) is 4.09. The van der Waals surface area contributed by atoms with E-state index in [2.05, 4.69) is 4.99 Å². The zero-order valence-corrected chi connectivity index (χ0v) is 13.4. The summed E-state index contributed by atoms with van der Waals surface area (Å²) in [6, 6.07) is 14.1. The van der Waals surface area contributed by atoms with Gasteiger partial charge in [-0.15, -0.1) is 11.8 Å². The van der Waals surface area contributed by atoms with Gasteiger partial charge < -0.3 is 5.73 Å². The lowest BCUT2D eigenvalue weighted by Crippen LogP contribution is -2.12. The number of benzene rings is 2. The highest BCUT2D eigenvalue weighted by atomic mass is 32.2. The third-order valence-corrected chi connectivity index (χ3v) is 4.77. The molecule has 0 heterocycles. The van der Waals surface area contributed by atoms with Crippen LogP contribution < -0.4 is 5.73 Å². The summed E-state index contributed by atoms with van der Waals surface area (Å²) in [5.41, 5.74) is 7.42. The van der Waals surface area contributed by atoms with Crippen molar-refractivity contribution in [3.63, 3.8) is 0 Å². The highest BCUT2D eigenvalue weighted by molar-refractivity contribution is 7.98. The smallest absolute Gasteiger partial charge is 0.175 e. The van der Waals surface area contributed by atoms with Crippen molar-refractivity contribution in [2.75, 3.05) is 12.5 Å². The topological polar surface area (TPSA) is 72.5 Å². The molecule has 2 rings (SSSR count). The van der Waals surface area contributed by atoms with Crippen LogP contribution in [0.25, 0.3) is 0 Å². The first-order valence-electron chi connectivity index (χ1n) is 6.19. The van der Waals surface area contributed by atoms with E-state index >= 15 is 0 Å². The van der Waals surface area contributed by atoms with Gasteiger partial charge in [0.15, 0.2) is 9.84 Å². The summed E-state index contributed by atoms with van der Waals surface area (Å²) in [6.45, 7) is 0. The molecule has 0 aliphatic heterocycles. The number of sulfone groups is 1. The Hall–Kier alpha value is -1.79. The molecule has 2 aromatic rings. The van der Waals surface area contributed by atoms with Crippen molar-refractivity contribution in [1.29, 1.82) is 0 Å². The van der Waals surface area contributed by atoms with Gasteiger partial charge in [-0.2, -0.15) is 0 Å². The lowest BCUT2D eigenvalue weighted by molar-refractivity contribution is 0.602. The molecule has 0 unspecified atom stereocenters. The average molecular weight is 320 g/mol. The predicted molar refractivity (Wildman–Crippen MR) is 88.2 cm³/mol. The van der Waals surface area contributed by atoms with Gasteiger partial charge in [-0.05, 0) is 42.7 Å². The van der Waals surface area contributed by atoms with Gasteiger partial charge in [0.1, 0.15) is 5.84 Å². The van der Waals surface area contributed by atoms with Gasteiger partial charge in [0.05, 0.1) is 10.6 Å². The maximum Gasteiger partial charge on any atom is 0.175 e. The molecule has 0 saturated carbocycles. The largest absolute Gasteiger partial charge is 0.383 e. The lowest BCUT2D eigenvalue weighted by Gasteiger charge is -2.03. The van der Waals surface area contributed by atoms with E-state index in [1.54, 1.807) is 23.9 Å². The maximum absolute atomic E-state index is 11.4. The second kappa shape index (κ2) is 6.32. The molecule has 0 amide bonds. The van der Waals surface area contributed by atoms with Crippen molar-refractivity contribution in [3.05, 3.63) is 54.1 Å². The second-order valence-electron chi connectivity index (χ2n) is 4.49. The lowest BCUT2D eigenvalue weighted by atomic mass is 10.2. The Morgan fingerprint density at radius 3 is 2.10 bits per heavy atom. The zero-order valence-electron chi connectivity index (χ0n) is 11.8. The van der Waals surface area contributed by atoms with Crippen LogP contribution in [0.15, 0.2) is 63.3 Å². The van der Waals surface area contributed by atoms with E-state index in [0.717, 1.165) is 10.5 Å². The number of hydrogen-bond donors (Lipinski definition) is 1. The number of thioether (sulfide) groups is 1. The summed E-state index contributed by atoms with van der Waals surface area (Å²) in [5, 5.41) is 0. The molecule has 4 nitrogen and oxygen atoms in total. The van der Waals surface area contributed by atoms with Gasteiger partial charge in [-0.3, -0.25) is 0 Å². The molecule has 6 heteroatoms. The average Bonchev–Trinajstić information content (AvgIpc) is 2.47. The molecule has 0 bridgehead atoms. The van der Waals surface area contributed by atoms with Crippen LogP contribution >= 0.6 is 11.8 Å². The Labute approximate surface area is 129 Å². The van der Waals surface area contributed by atoms with Crippen LogP contribution in [0.5, 0.6) is 0 Å². The first kappa shape index (κ1) is 15.6. The van der Waals surface area contributed by atoms with Crippen LogP contribution in [0.4, 0.5) is 5.69 Å². The van der Waals surface area contributed by atoms with E-state index < -0.39 is 9.84 Å². The molecule has 2 N–H and O–H groups in total. The van der Waals surface area contributed by atoms with Gasteiger partial charge in [0, 0.05) is 16.7 Å². The normalized spacial score (nSPS) is 12.4. The monoisotopic (exact) mass is 320 g/mol. The minimum atomic E-state index is -3.19. The maximum atomic E-state index is 11.4. The van der Waals surface area contributed by atoms with Crippen LogP contribution in [0.3, 0.4) is 0 Å². The van der Waals surface area contributed by atoms with Crippen molar-refractivity contribution in [1.82, 2.24) is 0 Å². The molecule has 0 aromatic heterocycles. The number of aliphatic imine (C=N–C) groups is 1. The molecule has 0 spiro atoms. The zero-order chi connectivity index (χ0) is 15.5. The molecular weight excluding hydrogens is 304 g/mol. The van der Waals surface area contributed by atoms with Crippen LogP contribution in [-0.2, 0) is 9.84 Å². The van der Waals surface area contributed by atoms with E-state index in [1.807, 2.05) is 30.5 Å². The number of nitrogens with zero attached hydrogens (tertiary/aromatic N) is 1. The van der Waals surface area contributed by atoms with Gasteiger partial charge in [0.25, 0.3) is 0 Å². The summed E-state index contributed by atoms with van der Waals surface area (Å²) in [4.78, 5) is 5.73. The molecule has 110 valence electrons. The second-order valence-corrected chi connectivity index (χ2v) is 7.39. The molecule has 0 saturated heterocycles. The predicted octanol–water partition coefficient (Wildman–Crippen LogP) is 2.85. The molecule has 0 aliphatic carbocycles. The Balaban J connectivity index is 2.25. The van der Waals surface area contributed by atoms with E-state index in [1.165, 1.54) is 18.4 Å². The Morgan fingerprint density at radius 2 is 1.62 bits per heavy atom.